The number of carbonyl (C=O) groups is 2. The zero-order valence-corrected chi connectivity index (χ0v) is 15.2. The number of aryl methyl sites for hydroxylation is 1. The second-order valence-corrected chi connectivity index (χ2v) is 7.01. The maximum Gasteiger partial charge on any atom is 0.291 e. The third-order valence-electron chi connectivity index (χ3n) is 5.04. The Kier molecular flexibility index (Phi) is 6.10. The lowest BCUT2D eigenvalue weighted by Gasteiger charge is -2.11. The lowest BCUT2D eigenvalue weighted by Crippen LogP contribution is -2.25. The average molecular weight is 354 g/mol. The standard InChI is InChI=1S/C21H26N2O3/c1-15-10-11-17(14-18(15)23-21(25)19-9-5-13-26-19)20(24)22-12-4-8-16-6-2-3-7-16/h5,9-11,13-14,16H,2-4,6-8,12H2,1H3,(H,22,24)(H,23,25). The summed E-state index contributed by atoms with van der Waals surface area (Å²) in [5, 5.41) is 5.78. The van der Waals surface area contributed by atoms with Gasteiger partial charge in [-0.3, -0.25) is 9.59 Å². The Bertz CT molecular complexity index is 747. The second-order valence-electron chi connectivity index (χ2n) is 7.01. The molecule has 3 rings (SSSR count). The average Bonchev–Trinajstić information content (AvgIpc) is 3.34. The molecular formula is C21H26N2O3. The molecule has 1 fully saturated rings. The molecule has 0 unspecified atom stereocenters. The van der Waals surface area contributed by atoms with Crippen molar-refractivity contribution in [3.8, 4) is 0 Å². The molecule has 5 heteroatoms. The fourth-order valence-corrected chi connectivity index (χ4v) is 3.48. The molecule has 0 bridgehead atoms. The molecule has 26 heavy (non-hydrogen) atoms. The van der Waals surface area contributed by atoms with Crippen molar-refractivity contribution in [3.05, 3.63) is 53.5 Å². The molecule has 2 amide bonds. The highest BCUT2D eigenvalue weighted by Gasteiger charge is 2.15. The van der Waals surface area contributed by atoms with Crippen LogP contribution in [0.3, 0.4) is 0 Å². The van der Waals surface area contributed by atoms with E-state index in [-0.39, 0.29) is 17.6 Å². The van der Waals surface area contributed by atoms with Gasteiger partial charge in [-0.2, -0.15) is 0 Å². The summed E-state index contributed by atoms with van der Waals surface area (Å²) in [6.07, 6.45) is 9.05. The molecule has 1 heterocycles. The largest absolute Gasteiger partial charge is 0.459 e. The molecule has 0 atom stereocenters. The van der Waals surface area contributed by atoms with Crippen molar-refractivity contribution >= 4 is 17.5 Å². The maximum atomic E-state index is 12.4. The van der Waals surface area contributed by atoms with E-state index in [1.54, 1.807) is 24.3 Å². The quantitative estimate of drug-likeness (QED) is 0.717. The highest BCUT2D eigenvalue weighted by atomic mass is 16.3. The SMILES string of the molecule is Cc1ccc(C(=O)NCCCC2CCCC2)cc1NC(=O)c1ccco1. The number of nitrogens with one attached hydrogen (secondary N) is 2. The highest BCUT2D eigenvalue weighted by Crippen LogP contribution is 2.28. The van der Waals surface area contributed by atoms with Gasteiger partial charge in [-0.05, 0) is 55.5 Å². The molecule has 1 aromatic heterocycles. The summed E-state index contributed by atoms with van der Waals surface area (Å²) in [7, 11) is 0. The fraction of sp³-hybridized carbons (Fsp3) is 0.429. The van der Waals surface area contributed by atoms with Gasteiger partial charge in [0.15, 0.2) is 5.76 Å². The Morgan fingerprint density at radius 2 is 1.96 bits per heavy atom. The Balaban J connectivity index is 1.53. The molecule has 0 aliphatic heterocycles. The first-order valence-corrected chi connectivity index (χ1v) is 9.37. The van der Waals surface area contributed by atoms with Crippen LogP contribution in [0.25, 0.3) is 0 Å². The monoisotopic (exact) mass is 354 g/mol. The van der Waals surface area contributed by atoms with E-state index in [1.807, 2.05) is 13.0 Å². The van der Waals surface area contributed by atoms with Gasteiger partial charge in [0.1, 0.15) is 0 Å². The van der Waals surface area contributed by atoms with Crippen molar-refractivity contribution in [2.45, 2.75) is 45.4 Å². The van der Waals surface area contributed by atoms with Gasteiger partial charge in [-0.15, -0.1) is 0 Å². The zero-order chi connectivity index (χ0) is 18.4. The van der Waals surface area contributed by atoms with Crippen molar-refractivity contribution in [1.29, 1.82) is 0 Å². The van der Waals surface area contributed by atoms with Crippen LogP contribution >= 0.6 is 0 Å². The summed E-state index contributed by atoms with van der Waals surface area (Å²) in [5.41, 5.74) is 2.05. The minimum atomic E-state index is -0.327. The van der Waals surface area contributed by atoms with Crippen LogP contribution in [0.1, 0.15) is 65.0 Å². The van der Waals surface area contributed by atoms with E-state index in [0.717, 1.165) is 17.9 Å². The van der Waals surface area contributed by atoms with Gasteiger partial charge >= 0.3 is 0 Å². The van der Waals surface area contributed by atoms with Crippen LogP contribution in [-0.2, 0) is 0 Å². The Labute approximate surface area is 154 Å². The van der Waals surface area contributed by atoms with Gasteiger partial charge in [0.25, 0.3) is 11.8 Å². The molecule has 5 nitrogen and oxygen atoms in total. The predicted molar refractivity (Wildman–Crippen MR) is 101 cm³/mol. The van der Waals surface area contributed by atoms with Crippen molar-refractivity contribution in [3.63, 3.8) is 0 Å². The molecule has 0 saturated heterocycles. The van der Waals surface area contributed by atoms with Crippen LogP contribution in [0.15, 0.2) is 41.0 Å². The summed E-state index contributed by atoms with van der Waals surface area (Å²) < 4.78 is 5.10. The Morgan fingerprint density at radius 3 is 2.69 bits per heavy atom. The van der Waals surface area contributed by atoms with Crippen molar-refractivity contribution in [2.75, 3.05) is 11.9 Å². The minimum Gasteiger partial charge on any atom is -0.459 e. The van der Waals surface area contributed by atoms with E-state index in [9.17, 15) is 9.59 Å². The van der Waals surface area contributed by atoms with Crippen LogP contribution in [-0.4, -0.2) is 18.4 Å². The number of rotatable bonds is 7. The number of furan rings is 1. The van der Waals surface area contributed by atoms with E-state index in [1.165, 1.54) is 38.4 Å². The first-order valence-electron chi connectivity index (χ1n) is 9.37. The summed E-state index contributed by atoms with van der Waals surface area (Å²) >= 11 is 0. The van der Waals surface area contributed by atoms with Gasteiger partial charge in [0.2, 0.25) is 0 Å². The lowest BCUT2D eigenvalue weighted by atomic mass is 10.0. The van der Waals surface area contributed by atoms with E-state index in [2.05, 4.69) is 10.6 Å². The van der Waals surface area contributed by atoms with Gasteiger partial charge in [-0.25, -0.2) is 0 Å². The molecule has 1 saturated carbocycles. The summed E-state index contributed by atoms with van der Waals surface area (Å²) in [6.45, 7) is 2.58. The molecule has 1 aromatic carbocycles. The number of carbonyl (C=O) groups excluding carboxylic acids is 2. The second kappa shape index (κ2) is 8.70. The minimum absolute atomic E-state index is 0.107. The number of hydrogen-bond acceptors (Lipinski definition) is 3. The topological polar surface area (TPSA) is 71.3 Å². The molecule has 2 N–H and O–H groups in total. The summed E-state index contributed by atoms with van der Waals surface area (Å²) in [4.78, 5) is 24.5. The highest BCUT2D eigenvalue weighted by molar-refractivity contribution is 6.03. The zero-order valence-electron chi connectivity index (χ0n) is 15.2. The van der Waals surface area contributed by atoms with E-state index < -0.39 is 0 Å². The summed E-state index contributed by atoms with van der Waals surface area (Å²) in [5.74, 6) is 0.651. The normalized spacial score (nSPS) is 14.3. The number of amides is 2. The maximum absolute atomic E-state index is 12.4. The van der Waals surface area contributed by atoms with Crippen molar-refractivity contribution < 1.29 is 14.0 Å². The van der Waals surface area contributed by atoms with E-state index in [4.69, 9.17) is 4.42 Å². The molecule has 0 spiro atoms. The first kappa shape index (κ1) is 18.2. The van der Waals surface area contributed by atoms with Crippen LogP contribution < -0.4 is 10.6 Å². The van der Waals surface area contributed by atoms with Gasteiger partial charge in [0, 0.05) is 17.8 Å². The fourth-order valence-electron chi connectivity index (χ4n) is 3.48. The van der Waals surface area contributed by atoms with Crippen molar-refractivity contribution in [2.24, 2.45) is 5.92 Å². The molecule has 138 valence electrons. The van der Waals surface area contributed by atoms with Crippen LogP contribution in [0, 0.1) is 12.8 Å². The third-order valence-corrected chi connectivity index (χ3v) is 5.04. The molecule has 1 aliphatic carbocycles. The van der Waals surface area contributed by atoms with Gasteiger partial charge in [-0.1, -0.05) is 31.7 Å². The molecular weight excluding hydrogens is 328 g/mol. The van der Waals surface area contributed by atoms with Crippen LogP contribution in [0.2, 0.25) is 0 Å². The van der Waals surface area contributed by atoms with Gasteiger partial charge < -0.3 is 15.1 Å². The van der Waals surface area contributed by atoms with Crippen LogP contribution in [0.5, 0.6) is 0 Å². The molecule has 0 radical (unpaired) electrons. The molecule has 2 aromatic rings. The Morgan fingerprint density at radius 1 is 1.15 bits per heavy atom. The molecule has 1 aliphatic rings. The number of anilines is 1. The Hall–Kier alpha value is -2.56. The first-order chi connectivity index (χ1) is 12.6. The van der Waals surface area contributed by atoms with Gasteiger partial charge in [0.05, 0.1) is 6.26 Å². The third kappa shape index (κ3) is 4.75. The van der Waals surface area contributed by atoms with Crippen LogP contribution in [0.4, 0.5) is 5.69 Å². The van der Waals surface area contributed by atoms with E-state index >= 15 is 0 Å². The summed E-state index contributed by atoms with van der Waals surface area (Å²) in [6, 6.07) is 8.60. The smallest absolute Gasteiger partial charge is 0.291 e. The number of benzene rings is 1. The van der Waals surface area contributed by atoms with Crippen molar-refractivity contribution in [1.82, 2.24) is 5.32 Å². The lowest BCUT2D eigenvalue weighted by molar-refractivity contribution is 0.0950. The van der Waals surface area contributed by atoms with E-state index in [0.29, 0.717) is 17.8 Å². The predicted octanol–water partition coefficient (Wildman–Crippen LogP) is 4.54. The number of hydrogen-bond donors (Lipinski definition) is 2.